The fourth-order valence-electron chi connectivity index (χ4n) is 2.77. The maximum atomic E-state index is 11.7. The molecule has 0 atom stereocenters. The first kappa shape index (κ1) is 18.0. The van der Waals surface area contributed by atoms with Gasteiger partial charge in [0.1, 0.15) is 5.52 Å². The average Bonchev–Trinajstić information content (AvgIpc) is 3.16. The van der Waals surface area contributed by atoms with Crippen LogP contribution in [-0.4, -0.2) is 42.0 Å². The van der Waals surface area contributed by atoms with E-state index in [2.05, 4.69) is 30.8 Å². The zero-order chi connectivity index (χ0) is 20.4. The topological polar surface area (TPSA) is 168 Å². The van der Waals surface area contributed by atoms with Crippen LogP contribution >= 0.6 is 0 Å². The number of carbonyl (C=O) groups is 2. The SMILES string of the molecule is NC(=O)c1nnc(-n2nnc3c(C(N)=O)cccc32)nc1NCc1ccccc1. The van der Waals surface area contributed by atoms with Gasteiger partial charge in [0, 0.05) is 6.54 Å². The number of carbonyl (C=O) groups excluding carboxylic acids is 2. The molecule has 29 heavy (non-hydrogen) atoms. The molecule has 2 aromatic heterocycles. The lowest BCUT2D eigenvalue weighted by Crippen LogP contribution is -2.20. The number of hydrogen-bond donors (Lipinski definition) is 3. The van der Waals surface area contributed by atoms with Crippen molar-refractivity contribution in [2.24, 2.45) is 11.5 Å². The van der Waals surface area contributed by atoms with Gasteiger partial charge in [-0.1, -0.05) is 41.6 Å². The van der Waals surface area contributed by atoms with Crippen molar-refractivity contribution in [3.8, 4) is 5.95 Å². The lowest BCUT2D eigenvalue weighted by molar-refractivity contribution is 0.0989. The molecule has 0 aliphatic carbocycles. The fraction of sp³-hybridized carbons (Fsp3) is 0.0556. The monoisotopic (exact) mass is 389 g/mol. The van der Waals surface area contributed by atoms with Crippen molar-refractivity contribution in [1.29, 1.82) is 0 Å². The van der Waals surface area contributed by atoms with E-state index in [0.29, 0.717) is 17.6 Å². The van der Waals surface area contributed by atoms with Gasteiger partial charge in [0.15, 0.2) is 11.5 Å². The Labute approximate surface area is 163 Å². The molecule has 5 N–H and O–H groups in total. The summed E-state index contributed by atoms with van der Waals surface area (Å²) in [6, 6.07) is 14.4. The van der Waals surface area contributed by atoms with Crippen LogP contribution in [0.3, 0.4) is 0 Å². The molecule has 4 rings (SSSR count). The van der Waals surface area contributed by atoms with E-state index in [1.54, 1.807) is 18.2 Å². The number of fused-ring (bicyclic) bond motifs is 1. The molecule has 2 amide bonds. The van der Waals surface area contributed by atoms with Gasteiger partial charge in [-0.3, -0.25) is 9.59 Å². The normalized spacial score (nSPS) is 10.8. The molecule has 144 valence electrons. The van der Waals surface area contributed by atoms with Crippen molar-refractivity contribution in [3.05, 3.63) is 65.4 Å². The van der Waals surface area contributed by atoms with Crippen LogP contribution < -0.4 is 16.8 Å². The predicted octanol–water partition coefficient (Wildman–Crippen LogP) is 0.415. The number of benzene rings is 2. The Kier molecular flexibility index (Phi) is 4.53. The largest absolute Gasteiger partial charge is 0.366 e. The molecule has 0 spiro atoms. The third-order valence-electron chi connectivity index (χ3n) is 4.14. The van der Waals surface area contributed by atoms with E-state index < -0.39 is 11.8 Å². The summed E-state index contributed by atoms with van der Waals surface area (Å²) in [5, 5.41) is 18.8. The zero-order valence-electron chi connectivity index (χ0n) is 15.0. The standard InChI is InChI=1S/C18H15N9O2/c19-15(28)11-7-4-8-12-13(11)24-26-27(12)18-22-17(14(16(20)29)23-25-18)21-9-10-5-2-1-3-6-10/h1-8H,9H2,(H2,19,28)(H2,20,29)(H,21,22,25). The van der Waals surface area contributed by atoms with Crippen LogP contribution in [0, 0.1) is 0 Å². The van der Waals surface area contributed by atoms with Gasteiger partial charge in [-0.05, 0) is 17.7 Å². The molecular formula is C18H15N9O2. The highest BCUT2D eigenvalue weighted by Gasteiger charge is 2.19. The average molecular weight is 389 g/mol. The van der Waals surface area contributed by atoms with Crippen LogP contribution in [0.4, 0.5) is 5.82 Å². The zero-order valence-corrected chi connectivity index (χ0v) is 15.0. The molecule has 0 fully saturated rings. The number of nitrogens with zero attached hydrogens (tertiary/aromatic N) is 6. The summed E-state index contributed by atoms with van der Waals surface area (Å²) in [5.41, 5.74) is 12.6. The molecule has 0 aliphatic heterocycles. The van der Waals surface area contributed by atoms with Crippen molar-refractivity contribution in [1.82, 2.24) is 30.2 Å². The summed E-state index contributed by atoms with van der Waals surface area (Å²) in [6.07, 6.45) is 0. The maximum Gasteiger partial charge on any atom is 0.274 e. The van der Waals surface area contributed by atoms with Gasteiger partial charge in [0.05, 0.1) is 11.1 Å². The van der Waals surface area contributed by atoms with E-state index >= 15 is 0 Å². The van der Waals surface area contributed by atoms with Crippen molar-refractivity contribution >= 4 is 28.7 Å². The molecule has 0 radical (unpaired) electrons. The van der Waals surface area contributed by atoms with Crippen LogP contribution in [0.15, 0.2) is 48.5 Å². The summed E-state index contributed by atoms with van der Waals surface area (Å²) in [5.74, 6) is -1.20. The number of nitrogens with one attached hydrogen (secondary N) is 1. The van der Waals surface area contributed by atoms with Gasteiger partial charge in [0.2, 0.25) is 0 Å². The molecule has 11 nitrogen and oxygen atoms in total. The molecule has 0 saturated carbocycles. The molecule has 2 aromatic carbocycles. The number of amides is 2. The Balaban J connectivity index is 1.75. The number of aromatic nitrogens is 6. The van der Waals surface area contributed by atoms with E-state index in [1.807, 2.05) is 30.3 Å². The van der Waals surface area contributed by atoms with Gasteiger partial charge in [-0.25, -0.2) is 0 Å². The van der Waals surface area contributed by atoms with Gasteiger partial charge in [-0.2, -0.15) is 9.67 Å². The summed E-state index contributed by atoms with van der Waals surface area (Å²) in [6.45, 7) is 0.392. The van der Waals surface area contributed by atoms with Crippen LogP contribution in [0.2, 0.25) is 0 Å². The number of hydrogen-bond acceptors (Lipinski definition) is 8. The quantitative estimate of drug-likeness (QED) is 0.426. The summed E-state index contributed by atoms with van der Waals surface area (Å²) in [7, 11) is 0. The second-order valence-electron chi connectivity index (χ2n) is 6.05. The summed E-state index contributed by atoms with van der Waals surface area (Å²) in [4.78, 5) is 27.6. The Bertz CT molecular complexity index is 1220. The second-order valence-corrected chi connectivity index (χ2v) is 6.05. The van der Waals surface area contributed by atoms with Crippen LogP contribution in [0.5, 0.6) is 0 Å². The molecular weight excluding hydrogens is 374 g/mol. The highest BCUT2D eigenvalue weighted by Crippen LogP contribution is 2.19. The Morgan fingerprint density at radius 3 is 2.45 bits per heavy atom. The lowest BCUT2D eigenvalue weighted by Gasteiger charge is -2.09. The van der Waals surface area contributed by atoms with E-state index in [-0.39, 0.29) is 23.0 Å². The number of nitrogens with two attached hydrogens (primary N) is 2. The van der Waals surface area contributed by atoms with Crippen molar-refractivity contribution in [2.45, 2.75) is 6.54 Å². The Morgan fingerprint density at radius 1 is 0.931 bits per heavy atom. The number of primary amides is 2. The highest BCUT2D eigenvalue weighted by atomic mass is 16.1. The van der Waals surface area contributed by atoms with Crippen molar-refractivity contribution < 1.29 is 9.59 Å². The van der Waals surface area contributed by atoms with Gasteiger partial charge >= 0.3 is 0 Å². The van der Waals surface area contributed by atoms with Gasteiger partial charge in [-0.15, -0.1) is 15.3 Å². The molecule has 0 aliphatic rings. The van der Waals surface area contributed by atoms with Gasteiger partial charge in [0.25, 0.3) is 17.8 Å². The van der Waals surface area contributed by atoms with Crippen LogP contribution in [-0.2, 0) is 6.54 Å². The molecule has 0 unspecified atom stereocenters. The highest BCUT2D eigenvalue weighted by molar-refractivity contribution is 6.04. The maximum absolute atomic E-state index is 11.7. The van der Waals surface area contributed by atoms with Crippen molar-refractivity contribution in [3.63, 3.8) is 0 Å². The number of rotatable bonds is 6. The third-order valence-corrected chi connectivity index (χ3v) is 4.14. The van der Waals surface area contributed by atoms with Crippen LogP contribution in [0.25, 0.3) is 17.0 Å². The first-order valence-electron chi connectivity index (χ1n) is 8.51. The summed E-state index contributed by atoms with van der Waals surface area (Å²) >= 11 is 0. The molecule has 0 bridgehead atoms. The molecule has 2 heterocycles. The minimum Gasteiger partial charge on any atom is -0.366 e. The first-order valence-corrected chi connectivity index (χ1v) is 8.51. The summed E-state index contributed by atoms with van der Waals surface area (Å²) < 4.78 is 1.30. The second kappa shape index (κ2) is 7.31. The first-order chi connectivity index (χ1) is 14.0. The van der Waals surface area contributed by atoms with Gasteiger partial charge < -0.3 is 16.8 Å². The predicted molar refractivity (Wildman–Crippen MR) is 103 cm³/mol. The van der Waals surface area contributed by atoms with E-state index in [0.717, 1.165) is 5.56 Å². The minimum atomic E-state index is -0.772. The van der Waals surface area contributed by atoms with E-state index in [4.69, 9.17) is 11.5 Å². The number of anilines is 1. The van der Waals surface area contributed by atoms with E-state index in [9.17, 15) is 9.59 Å². The smallest absolute Gasteiger partial charge is 0.274 e. The molecule has 4 aromatic rings. The Morgan fingerprint density at radius 2 is 1.72 bits per heavy atom. The lowest BCUT2D eigenvalue weighted by atomic mass is 10.2. The molecule has 11 heteroatoms. The van der Waals surface area contributed by atoms with Crippen molar-refractivity contribution in [2.75, 3.05) is 5.32 Å². The fourth-order valence-corrected chi connectivity index (χ4v) is 2.77. The third kappa shape index (κ3) is 3.43. The Hall–Kier alpha value is -4.41. The van der Waals surface area contributed by atoms with Crippen LogP contribution in [0.1, 0.15) is 26.4 Å². The molecule has 0 saturated heterocycles. The van der Waals surface area contributed by atoms with E-state index in [1.165, 1.54) is 4.68 Å². The minimum absolute atomic E-state index is 0.0506.